The Morgan fingerprint density at radius 2 is 2.00 bits per heavy atom. The van der Waals surface area contributed by atoms with Crippen molar-refractivity contribution in [1.29, 1.82) is 0 Å². The van der Waals surface area contributed by atoms with E-state index >= 15 is 0 Å². The van der Waals surface area contributed by atoms with E-state index in [1.165, 1.54) is 0 Å². The fourth-order valence-corrected chi connectivity index (χ4v) is 1.89. The Labute approximate surface area is 92.7 Å². The molecule has 1 aromatic heterocycles. The number of hydrogen-bond acceptors (Lipinski definition) is 4. The van der Waals surface area contributed by atoms with E-state index in [1.807, 2.05) is 0 Å². The van der Waals surface area contributed by atoms with E-state index in [-0.39, 0.29) is 10.3 Å². The summed E-state index contributed by atoms with van der Waals surface area (Å²) in [5.41, 5.74) is 4.34. The molecule has 5 nitrogen and oxygen atoms in total. The third-order valence-electron chi connectivity index (χ3n) is 1.55. The number of halogens is 3. The molecule has 84 valence electrons. The van der Waals surface area contributed by atoms with Crippen LogP contribution in [0.15, 0.2) is 15.7 Å². The fourth-order valence-electron chi connectivity index (χ4n) is 0.845. The Morgan fingerprint density at radius 3 is 2.40 bits per heavy atom. The van der Waals surface area contributed by atoms with Crippen LogP contribution in [0.4, 0.5) is 14.5 Å². The van der Waals surface area contributed by atoms with Crippen LogP contribution in [-0.2, 0) is 10.0 Å². The van der Waals surface area contributed by atoms with Crippen LogP contribution in [0.2, 0.25) is 0 Å². The van der Waals surface area contributed by atoms with Gasteiger partial charge in [-0.2, -0.15) is 0 Å². The summed E-state index contributed by atoms with van der Waals surface area (Å²) in [4.78, 5) is 3.43. The molecule has 0 fully saturated rings. The lowest BCUT2D eigenvalue weighted by molar-refractivity contribution is 0.151. The van der Waals surface area contributed by atoms with Crippen LogP contribution in [0.25, 0.3) is 0 Å². The van der Waals surface area contributed by atoms with Gasteiger partial charge in [0.1, 0.15) is 4.60 Å². The summed E-state index contributed by atoms with van der Waals surface area (Å²) in [5, 5.41) is 4.09. The summed E-state index contributed by atoms with van der Waals surface area (Å²) in [7, 11) is -4.13. The van der Waals surface area contributed by atoms with Gasteiger partial charge in [0.25, 0.3) is 16.4 Å². The summed E-state index contributed by atoms with van der Waals surface area (Å²) in [6, 6.07) is 0.653. The fraction of sp³-hybridized carbons (Fsp3) is 0.167. The second-order valence-corrected chi connectivity index (χ2v) is 4.86. The second kappa shape index (κ2) is 3.99. The van der Waals surface area contributed by atoms with Gasteiger partial charge < -0.3 is 5.73 Å². The Bertz CT molecular complexity index is 491. The largest absolute Gasteiger partial charge is 0.396 e. The molecule has 0 saturated heterocycles. The molecule has 4 N–H and O–H groups in total. The molecule has 1 rings (SSSR count). The van der Waals surface area contributed by atoms with Gasteiger partial charge in [-0.05, 0) is 22.0 Å². The molecule has 0 unspecified atom stereocenters. The zero-order valence-electron chi connectivity index (χ0n) is 7.12. The molecule has 0 aliphatic heterocycles. The van der Waals surface area contributed by atoms with Crippen LogP contribution in [0.3, 0.4) is 0 Å². The Kier molecular flexibility index (Phi) is 3.26. The molecular formula is C6H6BrF2N3O2S. The molecule has 15 heavy (non-hydrogen) atoms. The molecule has 0 amide bonds. The number of aromatic nitrogens is 1. The molecule has 0 saturated carbocycles. The molecule has 0 aromatic carbocycles. The smallest absolute Gasteiger partial charge is 0.266 e. The quantitative estimate of drug-likeness (QED) is 0.796. The van der Waals surface area contributed by atoms with Gasteiger partial charge >= 0.3 is 0 Å². The van der Waals surface area contributed by atoms with Crippen LogP contribution < -0.4 is 10.9 Å². The highest BCUT2D eigenvalue weighted by atomic mass is 79.9. The predicted octanol–water partition coefficient (Wildman–Crippen LogP) is 1.01. The van der Waals surface area contributed by atoms with Crippen LogP contribution in [-0.4, -0.2) is 13.4 Å². The molecule has 0 aliphatic rings. The maximum absolute atomic E-state index is 12.4. The summed E-state index contributed by atoms with van der Waals surface area (Å²) < 4.78 is 46.4. The van der Waals surface area contributed by atoms with Gasteiger partial charge in [0.05, 0.1) is 5.69 Å². The van der Waals surface area contributed by atoms with Gasteiger partial charge in [-0.25, -0.2) is 27.3 Å². The average Bonchev–Trinajstić information content (AvgIpc) is 2.06. The number of rotatable bonds is 2. The molecule has 9 heteroatoms. The van der Waals surface area contributed by atoms with Gasteiger partial charge in [-0.1, -0.05) is 0 Å². The number of anilines is 1. The van der Waals surface area contributed by atoms with E-state index in [2.05, 4.69) is 20.9 Å². The van der Waals surface area contributed by atoms with Gasteiger partial charge in [0.15, 0.2) is 5.03 Å². The summed E-state index contributed by atoms with van der Waals surface area (Å²) >= 11 is 2.77. The number of sulfonamides is 1. The van der Waals surface area contributed by atoms with Gasteiger partial charge in [-0.3, -0.25) is 0 Å². The summed E-state index contributed by atoms with van der Waals surface area (Å²) in [6.07, 6.45) is -2.90. The lowest BCUT2D eigenvalue weighted by atomic mass is 10.2. The molecule has 0 atom stereocenters. The first-order valence-corrected chi connectivity index (χ1v) is 5.84. The normalized spacial score (nSPS) is 12.1. The zero-order chi connectivity index (χ0) is 11.8. The van der Waals surface area contributed by atoms with E-state index in [0.29, 0.717) is 6.07 Å². The Morgan fingerprint density at radius 1 is 1.47 bits per heavy atom. The second-order valence-electron chi connectivity index (χ2n) is 2.60. The minimum atomic E-state index is -4.13. The van der Waals surface area contributed by atoms with Crippen molar-refractivity contribution in [2.75, 3.05) is 5.73 Å². The summed E-state index contributed by atoms with van der Waals surface area (Å²) in [5.74, 6) is 0. The lowest BCUT2D eigenvalue weighted by Gasteiger charge is -2.07. The van der Waals surface area contributed by atoms with Crippen LogP contribution in [0.1, 0.15) is 12.0 Å². The van der Waals surface area contributed by atoms with Crippen LogP contribution >= 0.6 is 15.9 Å². The molecule has 1 heterocycles. The van der Waals surface area contributed by atoms with Crippen molar-refractivity contribution in [2.24, 2.45) is 5.14 Å². The van der Waals surface area contributed by atoms with Crippen molar-refractivity contribution < 1.29 is 17.2 Å². The van der Waals surface area contributed by atoms with Crippen molar-refractivity contribution >= 4 is 31.6 Å². The van der Waals surface area contributed by atoms with E-state index < -0.39 is 27.0 Å². The topological polar surface area (TPSA) is 99.1 Å². The van der Waals surface area contributed by atoms with Crippen LogP contribution in [0.5, 0.6) is 0 Å². The van der Waals surface area contributed by atoms with Crippen molar-refractivity contribution in [3.8, 4) is 0 Å². The van der Waals surface area contributed by atoms with E-state index in [0.717, 1.165) is 0 Å². The average molecular weight is 302 g/mol. The number of primary sulfonamides is 1. The Balaban J connectivity index is 3.50. The number of alkyl halides is 2. The summed E-state index contributed by atoms with van der Waals surface area (Å²) in [6.45, 7) is 0. The zero-order valence-corrected chi connectivity index (χ0v) is 9.52. The van der Waals surface area contributed by atoms with E-state index in [9.17, 15) is 17.2 Å². The first-order valence-electron chi connectivity index (χ1n) is 3.50. The first kappa shape index (κ1) is 12.3. The standard InChI is InChI=1S/C6H6BrF2N3O2S/c7-5-4(10)2(6(8)9)1-3(12-5)15(11,13)14/h1,6H,10H2,(H2,11,13,14). The van der Waals surface area contributed by atoms with Crippen molar-refractivity contribution in [2.45, 2.75) is 11.5 Å². The third-order valence-corrected chi connectivity index (χ3v) is 2.94. The monoisotopic (exact) mass is 301 g/mol. The third kappa shape index (κ3) is 2.61. The van der Waals surface area contributed by atoms with Gasteiger partial charge in [0, 0.05) is 5.56 Å². The molecule has 0 spiro atoms. The van der Waals surface area contributed by atoms with Crippen molar-refractivity contribution in [3.05, 3.63) is 16.2 Å². The molecule has 0 radical (unpaired) electrons. The number of pyridine rings is 1. The van der Waals surface area contributed by atoms with Gasteiger partial charge in [0.2, 0.25) is 0 Å². The van der Waals surface area contributed by atoms with E-state index in [1.54, 1.807) is 0 Å². The lowest BCUT2D eigenvalue weighted by Crippen LogP contribution is -2.15. The van der Waals surface area contributed by atoms with Crippen molar-refractivity contribution in [1.82, 2.24) is 4.98 Å². The first-order chi connectivity index (χ1) is 6.73. The van der Waals surface area contributed by atoms with Gasteiger partial charge in [-0.15, -0.1) is 0 Å². The molecule has 0 aliphatic carbocycles. The molecule has 1 aromatic rings. The maximum Gasteiger partial charge on any atom is 0.266 e. The number of nitrogens with two attached hydrogens (primary N) is 2. The maximum atomic E-state index is 12.4. The van der Waals surface area contributed by atoms with Crippen LogP contribution in [0, 0.1) is 0 Å². The van der Waals surface area contributed by atoms with Crippen molar-refractivity contribution in [3.63, 3.8) is 0 Å². The minimum absolute atomic E-state index is 0.177. The molecular weight excluding hydrogens is 296 g/mol. The highest BCUT2D eigenvalue weighted by Gasteiger charge is 2.20. The van der Waals surface area contributed by atoms with E-state index in [4.69, 9.17) is 10.9 Å². The minimum Gasteiger partial charge on any atom is -0.396 e. The highest BCUT2D eigenvalue weighted by molar-refractivity contribution is 9.10. The number of nitrogen functional groups attached to an aromatic ring is 1. The number of hydrogen-bond donors (Lipinski definition) is 2. The highest BCUT2D eigenvalue weighted by Crippen LogP contribution is 2.31. The predicted molar refractivity (Wildman–Crippen MR) is 52.7 cm³/mol. The molecule has 0 bridgehead atoms. The number of nitrogens with zero attached hydrogens (tertiary/aromatic N) is 1. The SMILES string of the molecule is Nc1c(C(F)F)cc(S(N)(=O)=O)nc1Br. The Hall–Kier alpha value is -0.800.